The Hall–Kier alpha value is -1.46. The van der Waals surface area contributed by atoms with Gasteiger partial charge in [-0.1, -0.05) is 17.7 Å². The summed E-state index contributed by atoms with van der Waals surface area (Å²) < 4.78 is 15.0. The van der Waals surface area contributed by atoms with Gasteiger partial charge in [-0.3, -0.25) is 0 Å². The number of nitrogens with zero attached hydrogens (tertiary/aromatic N) is 3. The Labute approximate surface area is 103 Å². The Balaban J connectivity index is 1.90. The molecule has 2 rings (SSSR count). The molecule has 6 heteroatoms. The fourth-order valence-electron chi connectivity index (χ4n) is 1.44. The Morgan fingerprint density at radius 1 is 1.41 bits per heavy atom. The van der Waals surface area contributed by atoms with Gasteiger partial charge in [0.2, 0.25) is 0 Å². The summed E-state index contributed by atoms with van der Waals surface area (Å²) in [5.74, 6) is 0.434. The first-order chi connectivity index (χ1) is 8.16. The van der Waals surface area contributed by atoms with Gasteiger partial charge < -0.3 is 9.88 Å². The van der Waals surface area contributed by atoms with Gasteiger partial charge in [-0.2, -0.15) is 0 Å². The molecule has 0 aliphatic carbocycles. The van der Waals surface area contributed by atoms with E-state index in [2.05, 4.69) is 15.5 Å². The number of hydrogen-bond donors (Lipinski definition) is 1. The fourth-order valence-corrected chi connectivity index (χ4v) is 1.55. The molecule has 0 saturated carbocycles. The lowest BCUT2D eigenvalue weighted by Gasteiger charge is -2.05. The zero-order chi connectivity index (χ0) is 12.3. The number of aromatic nitrogens is 3. The molecule has 1 aromatic heterocycles. The third-order valence-electron chi connectivity index (χ3n) is 2.40. The summed E-state index contributed by atoms with van der Waals surface area (Å²) in [5, 5.41) is 11.0. The van der Waals surface area contributed by atoms with Crippen molar-refractivity contribution in [1.82, 2.24) is 20.1 Å². The van der Waals surface area contributed by atoms with Gasteiger partial charge in [-0.05, 0) is 17.7 Å². The first kappa shape index (κ1) is 12.0. The SMILES string of the molecule is Cn1cnnc1CNCc1ccc(Cl)c(F)c1. The summed E-state index contributed by atoms with van der Waals surface area (Å²) in [6.45, 7) is 1.14. The average molecular weight is 255 g/mol. The van der Waals surface area contributed by atoms with E-state index in [1.54, 1.807) is 18.5 Å². The van der Waals surface area contributed by atoms with Gasteiger partial charge in [0.25, 0.3) is 0 Å². The van der Waals surface area contributed by atoms with Crippen LogP contribution < -0.4 is 5.32 Å². The second-order valence-corrected chi connectivity index (χ2v) is 4.12. The third kappa shape index (κ3) is 3.01. The van der Waals surface area contributed by atoms with Crippen molar-refractivity contribution in [3.8, 4) is 0 Å². The minimum atomic E-state index is -0.398. The summed E-state index contributed by atoms with van der Waals surface area (Å²) in [5.41, 5.74) is 0.842. The third-order valence-corrected chi connectivity index (χ3v) is 2.71. The maximum atomic E-state index is 13.2. The van der Waals surface area contributed by atoms with E-state index >= 15 is 0 Å². The highest BCUT2D eigenvalue weighted by atomic mass is 35.5. The predicted molar refractivity (Wildman–Crippen MR) is 63.0 cm³/mol. The molecular weight excluding hydrogens is 243 g/mol. The molecule has 0 amide bonds. The highest BCUT2D eigenvalue weighted by Crippen LogP contribution is 2.15. The summed E-state index contributed by atoms with van der Waals surface area (Å²) in [6.07, 6.45) is 1.64. The van der Waals surface area contributed by atoms with E-state index < -0.39 is 5.82 Å². The molecule has 1 aromatic carbocycles. The summed E-state index contributed by atoms with van der Waals surface area (Å²) >= 11 is 5.60. The van der Waals surface area contributed by atoms with Crippen LogP contribution in [0.15, 0.2) is 24.5 Å². The smallest absolute Gasteiger partial charge is 0.146 e. The van der Waals surface area contributed by atoms with Gasteiger partial charge in [0.05, 0.1) is 11.6 Å². The molecule has 2 aromatic rings. The molecule has 4 nitrogen and oxygen atoms in total. The molecule has 0 aliphatic rings. The van der Waals surface area contributed by atoms with E-state index in [1.807, 2.05) is 11.6 Å². The van der Waals surface area contributed by atoms with Gasteiger partial charge in [0, 0.05) is 13.6 Å². The van der Waals surface area contributed by atoms with E-state index in [0.29, 0.717) is 13.1 Å². The van der Waals surface area contributed by atoms with Crippen LogP contribution in [0.4, 0.5) is 4.39 Å². The van der Waals surface area contributed by atoms with Crippen molar-refractivity contribution in [2.45, 2.75) is 13.1 Å². The molecular formula is C11H12ClFN4. The second-order valence-electron chi connectivity index (χ2n) is 3.71. The van der Waals surface area contributed by atoms with Crippen LogP contribution in [0.25, 0.3) is 0 Å². The summed E-state index contributed by atoms with van der Waals surface area (Å²) in [6, 6.07) is 4.76. The molecule has 90 valence electrons. The summed E-state index contributed by atoms with van der Waals surface area (Å²) in [4.78, 5) is 0. The van der Waals surface area contributed by atoms with Crippen molar-refractivity contribution in [1.29, 1.82) is 0 Å². The molecule has 0 radical (unpaired) electrons. The van der Waals surface area contributed by atoms with Crippen LogP contribution in [-0.4, -0.2) is 14.8 Å². The standard InChI is InChI=1S/C11H12ClFN4/c1-17-7-15-16-11(17)6-14-5-8-2-3-9(12)10(13)4-8/h2-4,7,14H,5-6H2,1H3. The molecule has 0 spiro atoms. The van der Waals surface area contributed by atoms with E-state index in [0.717, 1.165) is 11.4 Å². The first-order valence-electron chi connectivity index (χ1n) is 5.14. The minimum Gasteiger partial charge on any atom is -0.320 e. The number of rotatable bonds is 4. The van der Waals surface area contributed by atoms with Crippen LogP contribution in [0.1, 0.15) is 11.4 Å². The quantitative estimate of drug-likeness (QED) is 0.906. The number of hydrogen-bond acceptors (Lipinski definition) is 3. The summed E-state index contributed by atoms with van der Waals surface area (Å²) in [7, 11) is 1.87. The lowest BCUT2D eigenvalue weighted by atomic mass is 10.2. The molecule has 0 atom stereocenters. The van der Waals surface area contributed by atoms with Crippen molar-refractivity contribution in [2.24, 2.45) is 7.05 Å². The Morgan fingerprint density at radius 3 is 2.88 bits per heavy atom. The highest BCUT2D eigenvalue weighted by molar-refractivity contribution is 6.30. The second kappa shape index (κ2) is 5.25. The van der Waals surface area contributed by atoms with Crippen LogP contribution in [0.3, 0.4) is 0 Å². The van der Waals surface area contributed by atoms with Crippen molar-refractivity contribution in [3.63, 3.8) is 0 Å². The monoisotopic (exact) mass is 254 g/mol. The van der Waals surface area contributed by atoms with Crippen LogP contribution >= 0.6 is 11.6 Å². The van der Waals surface area contributed by atoms with Crippen molar-refractivity contribution >= 4 is 11.6 Å². The molecule has 0 fully saturated rings. The van der Waals surface area contributed by atoms with Crippen molar-refractivity contribution < 1.29 is 4.39 Å². The van der Waals surface area contributed by atoms with E-state index in [4.69, 9.17) is 11.6 Å². The van der Waals surface area contributed by atoms with Crippen LogP contribution in [-0.2, 0) is 20.1 Å². The van der Waals surface area contributed by atoms with Crippen molar-refractivity contribution in [2.75, 3.05) is 0 Å². The molecule has 1 heterocycles. The van der Waals surface area contributed by atoms with E-state index in [-0.39, 0.29) is 5.02 Å². The van der Waals surface area contributed by atoms with Crippen LogP contribution in [0.2, 0.25) is 5.02 Å². The first-order valence-corrected chi connectivity index (χ1v) is 5.52. The molecule has 0 aliphatic heterocycles. The fraction of sp³-hybridized carbons (Fsp3) is 0.273. The maximum absolute atomic E-state index is 13.2. The zero-order valence-electron chi connectivity index (χ0n) is 9.32. The highest BCUT2D eigenvalue weighted by Gasteiger charge is 2.02. The number of benzene rings is 1. The van der Waals surface area contributed by atoms with Crippen molar-refractivity contribution in [3.05, 3.63) is 46.8 Å². The van der Waals surface area contributed by atoms with E-state index in [9.17, 15) is 4.39 Å². The molecule has 17 heavy (non-hydrogen) atoms. The van der Waals surface area contributed by atoms with Gasteiger partial charge in [0.15, 0.2) is 0 Å². The van der Waals surface area contributed by atoms with Gasteiger partial charge in [0.1, 0.15) is 18.0 Å². The molecule has 1 N–H and O–H groups in total. The zero-order valence-corrected chi connectivity index (χ0v) is 10.1. The Morgan fingerprint density at radius 2 is 2.24 bits per heavy atom. The molecule has 0 bridgehead atoms. The Bertz CT molecular complexity index is 512. The lowest BCUT2D eigenvalue weighted by molar-refractivity contribution is 0.613. The topological polar surface area (TPSA) is 42.7 Å². The van der Waals surface area contributed by atoms with Gasteiger partial charge in [-0.15, -0.1) is 10.2 Å². The minimum absolute atomic E-state index is 0.141. The maximum Gasteiger partial charge on any atom is 0.146 e. The van der Waals surface area contributed by atoms with Crippen LogP contribution in [0, 0.1) is 5.82 Å². The normalized spacial score (nSPS) is 10.8. The number of nitrogens with one attached hydrogen (secondary N) is 1. The van der Waals surface area contributed by atoms with Gasteiger partial charge in [-0.25, -0.2) is 4.39 Å². The largest absolute Gasteiger partial charge is 0.320 e. The molecule has 0 unspecified atom stereocenters. The Kier molecular flexibility index (Phi) is 3.71. The predicted octanol–water partition coefficient (Wildman–Crippen LogP) is 1.90. The molecule has 0 saturated heterocycles. The van der Waals surface area contributed by atoms with E-state index in [1.165, 1.54) is 6.07 Å². The lowest BCUT2D eigenvalue weighted by Crippen LogP contribution is -2.15. The number of halogens is 2. The van der Waals surface area contributed by atoms with Crippen LogP contribution in [0.5, 0.6) is 0 Å². The number of aryl methyl sites for hydroxylation is 1. The average Bonchev–Trinajstić information content (AvgIpc) is 2.70. The van der Waals surface area contributed by atoms with Gasteiger partial charge >= 0.3 is 0 Å².